The number of carbonyl (C=O) groups excluding carboxylic acids is 1. The van der Waals surface area contributed by atoms with Gasteiger partial charge in [-0.15, -0.1) is 0 Å². The van der Waals surface area contributed by atoms with Crippen molar-refractivity contribution in [2.75, 3.05) is 0 Å². The van der Waals surface area contributed by atoms with Crippen molar-refractivity contribution >= 4 is 16.9 Å². The normalized spacial score (nSPS) is 12.2. The van der Waals surface area contributed by atoms with Crippen LogP contribution in [0.15, 0.2) is 54.9 Å². The summed E-state index contributed by atoms with van der Waals surface area (Å²) in [4.78, 5) is 21.2. The van der Waals surface area contributed by atoms with Crippen molar-refractivity contribution in [3.8, 4) is 0 Å². The Morgan fingerprint density at radius 3 is 2.93 bits per heavy atom. The largest absolute Gasteiger partial charge is 0.348 e. The number of H-pyrrole nitrogens is 1. The Morgan fingerprint density at radius 1 is 1.25 bits per heavy atom. The van der Waals surface area contributed by atoms with Crippen LogP contribution < -0.4 is 5.32 Å². The summed E-state index contributed by atoms with van der Waals surface area (Å²) < 4.78 is 2.11. The first-order valence-corrected chi connectivity index (χ1v) is 9.26. The zero-order valence-corrected chi connectivity index (χ0v) is 15.9. The number of aromatic amines is 1. The Kier molecular flexibility index (Phi) is 4.89. The molecule has 7 nitrogen and oxygen atoms in total. The molecule has 0 saturated heterocycles. The summed E-state index contributed by atoms with van der Waals surface area (Å²) in [5, 5.41) is 10.1. The summed E-state index contributed by atoms with van der Waals surface area (Å²) in [7, 11) is 0. The van der Waals surface area contributed by atoms with E-state index in [1.165, 1.54) is 0 Å². The van der Waals surface area contributed by atoms with Gasteiger partial charge in [0.05, 0.1) is 23.3 Å². The lowest BCUT2D eigenvalue weighted by atomic mass is 10.1. The Bertz CT molecular complexity index is 1100. The quantitative estimate of drug-likeness (QED) is 0.543. The minimum Gasteiger partial charge on any atom is -0.348 e. The highest BCUT2D eigenvalue weighted by Crippen LogP contribution is 2.17. The zero-order chi connectivity index (χ0) is 19.5. The summed E-state index contributed by atoms with van der Waals surface area (Å²) in [6, 6.07) is 13.7. The first kappa shape index (κ1) is 17.9. The average molecular weight is 374 g/mol. The van der Waals surface area contributed by atoms with Crippen LogP contribution in [0, 0.1) is 6.92 Å². The van der Waals surface area contributed by atoms with Crippen LogP contribution in [0.3, 0.4) is 0 Å². The van der Waals surface area contributed by atoms with E-state index in [0.29, 0.717) is 12.2 Å². The molecule has 0 aliphatic carbocycles. The van der Waals surface area contributed by atoms with Crippen LogP contribution in [0.2, 0.25) is 0 Å². The Morgan fingerprint density at radius 2 is 2.11 bits per heavy atom. The van der Waals surface area contributed by atoms with Crippen molar-refractivity contribution in [3.63, 3.8) is 0 Å². The van der Waals surface area contributed by atoms with Gasteiger partial charge in [-0.1, -0.05) is 18.2 Å². The van der Waals surface area contributed by atoms with Crippen LogP contribution >= 0.6 is 0 Å². The van der Waals surface area contributed by atoms with E-state index in [9.17, 15) is 4.79 Å². The molecule has 2 N–H and O–H groups in total. The fraction of sp³-hybridized carbons (Fsp3) is 0.238. The summed E-state index contributed by atoms with van der Waals surface area (Å²) in [5.41, 5.74) is 4.35. The molecule has 7 heteroatoms. The molecule has 0 aliphatic rings. The number of pyridine rings is 1. The molecule has 0 aliphatic heterocycles. The molecule has 1 amide bonds. The number of amides is 1. The number of para-hydroxylation sites is 2. The molecule has 1 atom stereocenters. The minimum absolute atomic E-state index is 0.0170. The molecule has 0 fully saturated rings. The molecule has 4 rings (SSSR count). The number of aromatic nitrogens is 5. The predicted octanol–water partition coefficient (Wildman–Crippen LogP) is 2.87. The van der Waals surface area contributed by atoms with Crippen molar-refractivity contribution in [3.05, 3.63) is 77.6 Å². The van der Waals surface area contributed by atoms with Gasteiger partial charge in [-0.25, -0.2) is 4.98 Å². The molecule has 142 valence electrons. The fourth-order valence-electron chi connectivity index (χ4n) is 3.35. The molecular formula is C21H22N6O. The molecule has 0 radical (unpaired) electrons. The maximum absolute atomic E-state index is 12.5. The van der Waals surface area contributed by atoms with Gasteiger partial charge in [0.15, 0.2) is 0 Å². The number of carbonyl (C=O) groups is 1. The first-order valence-electron chi connectivity index (χ1n) is 9.26. The molecule has 4 aromatic rings. The summed E-state index contributed by atoms with van der Waals surface area (Å²) >= 11 is 0. The third-order valence-corrected chi connectivity index (χ3v) is 4.68. The van der Waals surface area contributed by atoms with Gasteiger partial charge < -0.3 is 9.88 Å². The van der Waals surface area contributed by atoms with Crippen LogP contribution in [-0.4, -0.2) is 36.7 Å². The van der Waals surface area contributed by atoms with Gasteiger partial charge >= 0.3 is 0 Å². The second kappa shape index (κ2) is 7.64. The van der Waals surface area contributed by atoms with E-state index in [2.05, 4.69) is 30.0 Å². The highest BCUT2D eigenvalue weighted by Gasteiger charge is 2.15. The molecule has 28 heavy (non-hydrogen) atoms. The second-order valence-corrected chi connectivity index (χ2v) is 6.95. The van der Waals surface area contributed by atoms with Gasteiger partial charge in [-0.05, 0) is 50.1 Å². The van der Waals surface area contributed by atoms with E-state index in [1.807, 2.05) is 56.4 Å². The number of aryl methyl sites for hydroxylation is 1. The Hall–Kier alpha value is -3.48. The third-order valence-electron chi connectivity index (χ3n) is 4.68. The predicted molar refractivity (Wildman–Crippen MR) is 107 cm³/mol. The van der Waals surface area contributed by atoms with Gasteiger partial charge in [0.25, 0.3) is 5.91 Å². The summed E-state index contributed by atoms with van der Waals surface area (Å²) in [5.74, 6) is 0.734. The molecule has 0 saturated carbocycles. The number of fused-ring (bicyclic) bond motifs is 1. The number of hydrogen-bond acceptors (Lipinski definition) is 4. The number of rotatable bonds is 6. The third kappa shape index (κ3) is 3.78. The molecule has 0 unspecified atom stereocenters. The first-order chi connectivity index (χ1) is 13.6. The van der Waals surface area contributed by atoms with E-state index >= 15 is 0 Å². The van der Waals surface area contributed by atoms with Crippen LogP contribution in [-0.2, 0) is 13.0 Å². The van der Waals surface area contributed by atoms with E-state index < -0.39 is 0 Å². The molecular weight excluding hydrogens is 352 g/mol. The topological polar surface area (TPSA) is 88.5 Å². The van der Waals surface area contributed by atoms with E-state index in [1.54, 1.807) is 12.3 Å². The van der Waals surface area contributed by atoms with Crippen LogP contribution in [0.5, 0.6) is 0 Å². The molecule has 1 aromatic carbocycles. The molecule has 0 bridgehead atoms. The standard InChI is InChI=1S/C21H22N6O/c1-14(10-16-6-5-9-22-12-16)23-21(28)19-11-17(25-26-19)13-27-15(2)24-18-7-3-4-8-20(18)27/h3-9,11-12,14H,10,13H2,1-2H3,(H,23,28)(H,25,26)/t14-/m0/s1. The maximum Gasteiger partial charge on any atom is 0.271 e. The number of benzene rings is 1. The minimum atomic E-state index is -0.189. The summed E-state index contributed by atoms with van der Waals surface area (Å²) in [6.45, 7) is 4.53. The van der Waals surface area contributed by atoms with E-state index in [4.69, 9.17) is 0 Å². The molecule has 3 heterocycles. The lowest BCUT2D eigenvalue weighted by Crippen LogP contribution is -2.34. The number of hydrogen-bond donors (Lipinski definition) is 2. The highest BCUT2D eigenvalue weighted by molar-refractivity contribution is 5.92. The highest BCUT2D eigenvalue weighted by atomic mass is 16.2. The van der Waals surface area contributed by atoms with Gasteiger partial charge in [0.2, 0.25) is 0 Å². The van der Waals surface area contributed by atoms with Crippen LogP contribution in [0.1, 0.15) is 34.5 Å². The Balaban J connectivity index is 1.43. The lowest BCUT2D eigenvalue weighted by molar-refractivity contribution is 0.0935. The molecule has 0 spiro atoms. The number of imidazole rings is 1. The second-order valence-electron chi connectivity index (χ2n) is 6.95. The maximum atomic E-state index is 12.5. The monoisotopic (exact) mass is 374 g/mol. The number of nitrogens with one attached hydrogen (secondary N) is 2. The molecule has 3 aromatic heterocycles. The average Bonchev–Trinajstić information content (AvgIpc) is 3.28. The van der Waals surface area contributed by atoms with Crippen molar-refractivity contribution in [1.82, 2.24) is 30.0 Å². The lowest BCUT2D eigenvalue weighted by Gasteiger charge is -2.12. The van der Waals surface area contributed by atoms with Gasteiger partial charge in [0, 0.05) is 18.4 Å². The fourth-order valence-corrected chi connectivity index (χ4v) is 3.35. The SMILES string of the molecule is Cc1nc2ccccc2n1Cc1cc(C(=O)N[C@@H](C)Cc2cccnc2)n[nH]1. The number of nitrogens with zero attached hydrogens (tertiary/aromatic N) is 4. The van der Waals surface area contributed by atoms with Crippen molar-refractivity contribution in [2.24, 2.45) is 0 Å². The van der Waals surface area contributed by atoms with Gasteiger partial charge in [-0.3, -0.25) is 14.9 Å². The van der Waals surface area contributed by atoms with E-state index in [0.717, 1.165) is 34.5 Å². The van der Waals surface area contributed by atoms with Crippen LogP contribution in [0.25, 0.3) is 11.0 Å². The van der Waals surface area contributed by atoms with Gasteiger partial charge in [0.1, 0.15) is 11.5 Å². The smallest absolute Gasteiger partial charge is 0.271 e. The van der Waals surface area contributed by atoms with Crippen molar-refractivity contribution in [2.45, 2.75) is 32.9 Å². The van der Waals surface area contributed by atoms with Gasteiger partial charge in [-0.2, -0.15) is 5.10 Å². The summed E-state index contributed by atoms with van der Waals surface area (Å²) in [6.07, 6.45) is 4.27. The van der Waals surface area contributed by atoms with Crippen molar-refractivity contribution < 1.29 is 4.79 Å². The zero-order valence-electron chi connectivity index (χ0n) is 15.9. The Labute approximate surface area is 162 Å². The van der Waals surface area contributed by atoms with E-state index in [-0.39, 0.29) is 11.9 Å². The van der Waals surface area contributed by atoms with Crippen LogP contribution in [0.4, 0.5) is 0 Å². The van der Waals surface area contributed by atoms with Crippen molar-refractivity contribution in [1.29, 1.82) is 0 Å².